The normalized spacial score (nSPS) is 12.7. The molecule has 0 fully saturated rings. The van der Waals surface area contributed by atoms with Crippen LogP contribution in [-0.2, 0) is 6.18 Å². The molecule has 0 aliphatic carbocycles. The van der Waals surface area contributed by atoms with Gasteiger partial charge in [-0.2, -0.15) is 13.2 Å². The van der Waals surface area contributed by atoms with Crippen molar-refractivity contribution < 1.29 is 22.7 Å². The number of para-hydroxylation sites is 2. The van der Waals surface area contributed by atoms with E-state index in [0.29, 0.717) is 16.8 Å². The summed E-state index contributed by atoms with van der Waals surface area (Å²) < 4.78 is 44.8. The number of H-pyrrole nitrogens is 1. The second-order valence-electron chi connectivity index (χ2n) is 7.26. The van der Waals surface area contributed by atoms with Crippen LogP contribution in [0.15, 0.2) is 84.9 Å². The Morgan fingerprint density at radius 1 is 1.06 bits per heavy atom. The van der Waals surface area contributed by atoms with E-state index >= 15 is 0 Å². The number of carbonyl (C=O) groups is 1. The number of carbonyl (C=O) groups excluding carboxylic acids is 1. The molecule has 9 heteroatoms. The summed E-state index contributed by atoms with van der Waals surface area (Å²) in [5.41, 5.74) is 7.33. The fourth-order valence-corrected chi connectivity index (χ4v) is 3.29. The predicted molar refractivity (Wildman–Crippen MR) is 122 cm³/mol. The maximum absolute atomic E-state index is 13.1. The van der Waals surface area contributed by atoms with Crippen LogP contribution in [-0.4, -0.2) is 20.7 Å². The molecule has 2 heterocycles. The molecule has 0 saturated heterocycles. The third kappa shape index (κ3) is 4.83. The van der Waals surface area contributed by atoms with Gasteiger partial charge in [-0.15, -0.1) is 0 Å². The lowest BCUT2D eigenvalue weighted by atomic mass is 10.1. The van der Waals surface area contributed by atoms with Gasteiger partial charge in [0.15, 0.2) is 11.7 Å². The van der Waals surface area contributed by atoms with Crippen LogP contribution in [0.3, 0.4) is 0 Å². The van der Waals surface area contributed by atoms with Crippen LogP contribution in [0, 0.1) is 0 Å². The number of imidazole rings is 1. The molecular formula is C25H19F3N4O2. The lowest BCUT2D eigenvalue weighted by molar-refractivity contribution is -0.141. The van der Waals surface area contributed by atoms with Crippen molar-refractivity contribution in [2.24, 2.45) is 5.73 Å². The van der Waals surface area contributed by atoms with Crippen LogP contribution in [0.4, 0.5) is 13.2 Å². The number of nitrogens with one attached hydrogen (secondary N) is 1. The number of aromatic nitrogens is 3. The van der Waals surface area contributed by atoms with Crippen molar-refractivity contribution in [3.8, 4) is 5.75 Å². The van der Waals surface area contributed by atoms with Gasteiger partial charge in [-0.1, -0.05) is 24.3 Å². The summed E-state index contributed by atoms with van der Waals surface area (Å²) in [6.45, 7) is 1.71. The number of alkyl halides is 3. The second-order valence-corrected chi connectivity index (χ2v) is 7.26. The van der Waals surface area contributed by atoms with E-state index in [1.165, 1.54) is 6.07 Å². The molecule has 172 valence electrons. The van der Waals surface area contributed by atoms with Gasteiger partial charge in [-0.05, 0) is 61.0 Å². The molecule has 0 atom stereocenters. The highest BCUT2D eigenvalue weighted by atomic mass is 19.4. The first-order valence-electron chi connectivity index (χ1n) is 10.2. The van der Waals surface area contributed by atoms with E-state index in [2.05, 4.69) is 15.0 Å². The van der Waals surface area contributed by atoms with E-state index in [4.69, 9.17) is 10.5 Å². The van der Waals surface area contributed by atoms with Crippen LogP contribution < -0.4 is 10.5 Å². The van der Waals surface area contributed by atoms with Gasteiger partial charge in [0.25, 0.3) is 0 Å². The van der Waals surface area contributed by atoms with E-state index in [0.717, 1.165) is 17.8 Å². The van der Waals surface area contributed by atoms with Gasteiger partial charge >= 0.3 is 6.18 Å². The number of ketones is 1. The molecule has 0 amide bonds. The Kier molecular flexibility index (Phi) is 6.18. The van der Waals surface area contributed by atoms with Gasteiger partial charge in [0, 0.05) is 17.3 Å². The Labute approximate surface area is 192 Å². The first-order valence-corrected chi connectivity index (χ1v) is 10.2. The number of rotatable bonds is 6. The van der Waals surface area contributed by atoms with E-state index in [9.17, 15) is 18.0 Å². The fourth-order valence-electron chi connectivity index (χ4n) is 3.29. The average molecular weight is 464 g/mol. The maximum atomic E-state index is 13.1. The number of benzene rings is 2. The van der Waals surface area contributed by atoms with Gasteiger partial charge in [-0.25, -0.2) is 4.98 Å². The summed E-state index contributed by atoms with van der Waals surface area (Å²) in [7, 11) is 0. The van der Waals surface area contributed by atoms with Crippen LogP contribution in [0.2, 0.25) is 0 Å². The molecule has 0 radical (unpaired) electrons. The molecule has 0 bridgehead atoms. The Balaban J connectivity index is 1.58. The highest BCUT2D eigenvalue weighted by Gasteiger charge is 2.32. The molecule has 6 nitrogen and oxygen atoms in total. The van der Waals surface area contributed by atoms with Crippen molar-refractivity contribution in [1.82, 2.24) is 15.0 Å². The monoisotopic (exact) mass is 464 g/mol. The summed E-state index contributed by atoms with van der Waals surface area (Å²) in [6, 6.07) is 15.8. The first kappa shape index (κ1) is 22.8. The van der Waals surface area contributed by atoms with Crippen molar-refractivity contribution in [3.63, 3.8) is 0 Å². The quantitative estimate of drug-likeness (QED) is 0.224. The van der Waals surface area contributed by atoms with Crippen LogP contribution in [0.1, 0.15) is 34.4 Å². The molecule has 0 spiro atoms. The number of nitrogens with two attached hydrogens (primary N) is 1. The molecule has 34 heavy (non-hydrogen) atoms. The van der Waals surface area contributed by atoms with Gasteiger partial charge in [0.05, 0.1) is 11.0 Å². The molecular weight excluding hydrogens is 445 g/mol. The lowest BCUT2D eigenvalue weighted by Crippen LogP contribution is -2.11. The van der Waals surface area contributed by atoms with Gasteiger partial charge in [0.1, 0.15) is 11.4 Å². The van der Waals surface area contributed by atoms with Crippen LogP contribution in [0.5, 0.6) is 5.75 Å². The summed E-state index contributed by atoms with van der Waals surface area (Å²) in [6.07, 6.45) is -0.346. The van der Waals surface area contributed by atoms with Crippen molar-refractivity contribution >= 4 is 22.4 Å². The zero-order chi connectivity index (χ0) is 24.3. The molecule has 2 aromatic carbocycles. The zero-order valence-electron chi connectivity index (χ0n) is 17.9. The minimum absolute atomic E-state index is 0.103. The number of hydrogen-bond acceptors (Lipinski definition) is 5. The van der Waals surface area contributed by atoms with E-state index in [1.54, 1.807) is 49.4 Å². The first-order chi connectivity index (χ1) is 16.3. The number of pyridine rings is 1. The highest BCUT2D eigenvalue weighted by Crippen LogP contribution is 2.30. The van der Waals surface area contributed by atoms with E-state index < -0.39 is 11.9 Å². The zero-order valence-corrected chi connectivity index (χ0v) is 17.9. The van der Waals surface area contributed by atoms with Crippen molar-refractivity contribution in [3.05, 3.63) is 108 Å². The molecule has 4 aromatic rings. The van der Waals surface area contributed by atoms with E-state index in [1.807, 2.05) is 18.2 Å². The Bertz CT molecular complexity index is 1370. The maximum Gasteiger partial charge on any atom is 0.433 e. The predicted octanol–water partition coefficient (Wildman–Crippen LogP) is 5.49. The number of hydrogen-bond donors (Lipinski definition) is 2. The van der Waals surface area contributed by atoms with Gasteiger partial charge in [0.2, 0.25) is 5.78 Å². The average Bonchev–Trinajstić information content (AvgIpc) is 3.26. The van der Waals surface area contributed by atoms with Gasteiger partial charge < -0.3 is 15.5 Å². The Morgan fingerprint density at radius 3 is 2.47 bits per heavy atom. The molecule has 2 aromatic heterocycles. The smallest absolute Gasteiger partial charge is 0.433 e. The number of allylic oxidation sites excluding steroid dienone is 3. The standard InChI is InChI=1S/C25H19F3N4O2/c1-2-5-18(16-12-13-30-21(14-16)25(26,27)28)23(29)34-17-10-8-15(9-11-17)22(33)24-31-19-6-3-4-7-20(19)32-24/h2-14H,29H2,1H3,(H,31,32)/b5-2-,23-18-. The second kappa shape index (κ2) is 9.22. The van der Waals surface area contributed by atoms with E-state index in [-0.39, 0.29) is 28.6 Å². The summed E-state index contributed by atoms with van der Waals surface area (Å²) in [5, 5.41) is 0. The molecule has 0 aliphatic rings. The lowest BCUT2D eigenvalue weighted by Gasteiger charge is -2.12. The Hall–Kier alpha value is -4.40. The molecule has 0 unspecified atom stereocenters. The molecule has 0 saturated carbocycles. The topological polar surface area (TPSA) is 93.9 Å². The minimum Gasteiger partial charge on any atom is -0.441 e. The molecule has 0 aliphatic heterocycles. The van der Waals surface area contributed by atoms with Crippen LogP contribution in [0.25, 0.3) is 16.6 Å². The third-order valence-corrected chi connectivity index (χ3v) is 4.91. The summed E-state index contributed by atoms with van der Waals surface area (Å²) in [4.78, 5) is 23.4. The number of nitrogens with zero attached hydrogens (tertiary/aromatic N) is 2. The number of aromatic amines is 1. The molecule has 4 rings (SSSR count). The van der Waals surface area contributed by atoms with Crippen molar-refractivity contribution in [2.75, 3.05) is 0 Å². The van der Waals surface area contributed by atoms with Crippen LogP contribution >= 0.6 is 0 Å². The Morgan fingerprint density at radius 2 is 1.79 bits per heavy atom. The number of halogens is 3. The SMILES string of the molecule is C/C=C\C(=C(/N)Oc1ccc(C(=O)c2nc3ccccc3[nH]2)cc1)c1ccnc(C(F)(F)F)c1. The van der Waals surface area contributed by atoms with Crippen molar-refractivity contribution in [2.45, 2.75) is 13.1 Å². The minimum atomic E-state index is -4.59. The molecule has 3 N–H and O–H groups in total. The highest BCUT2D eigenvalue weighted by molar-refractivity contribution is 6.08. The fraction of sp³-hybridized carbons (Fsp3) is 0.0800. The van der Waals surface area contributed by atoms with Gasteiger partial charge in [-0.3, -0.25) is 9.78 Å². The summed E-state index contributed by atoms with van der Waals surface area (Å²) in [5.74, 6) is 0.125. The summed E-state index contributed by atoms with van der Waals surface area (Å²) >= 11 is 0. The number of fused-ring (bicyclic) bond motifs is 1. The number of ether oxygens (including phenoxy) is 1. The third-order valence-electron chi connectivity index (χ3n) is 4.91. The van der Waals surface area contributed by atoms with Crippen molar-refractivity contribution in [1.29, 1.82) is 0 Å². The largest absolute Gasteiger partial charge is 0.441 e.